The van der Waals surface area contributed by atoms with E-state index in [4.69, 9.17) is 4.74 Å². The molecule has 0 atom stereocenters. The number of hydrogen-bond donors (Lipinski definition) is 2. The standard InChI is InChI=1S/C20H18F3N3O3S.C18H14F3N3O2S/c1-29-7-8-30(27,28)12-13-3-2-4-15(9-13)25-20-24-11-18(23)19(26-20)16-6-5-14(21)10-17(16)22;1-27(25,26)10-11-3-2-4-13(7-11)23-18-22-9-16(21)17(24-18)14-6-5-12(19)8-15(14)20/h2-6,9-11H,7-8,12H2,1H3,(H,24,25,26);2-9H,10H2,1H3,(H,22,23,24). The molecule has 4 aromatic carbocycles. The summed E-state index contributed by atoms with van der Waals surface area (Å²) in [5.74, 6) is -5.69. The lowest BCUT2D eigenvalue weighted by molar-refractivity contribution is 0.217. The molecule has 0 aliphatic rings. The molecule has 2 heterocycles. The summed E-state index contributed by atoms with van der Waals surface area (Å²) in [6.45, 7) is 0.104. The number of nitrogens with zero attached hydrogens (tertiary/aromatic N) is 4. The molecule has 11 nitrogen and oxygen atoms in total. The van der Waals surface area contributed by atoms with Crippen LogP contribution < -0.4 is 10.6 Å². The molecule has 0 unspecified atom stereocenters. The lowest BCUT2D eigenvalue weighted by Crippen LogP contribution is -2.13. The van der Waals surface area contributed by atoms with Crippen LogP contribution in [0, 0.1) is 34.9 Å². The van der Waals surface area contributed by atoms with Gasteiger partial charge in [0.1, 0.15) is 34.7 Å². The van der Waals surface area contributed by atoms with Gasteiger partial charge in [0.15, 0.2) is 31.3 Å². The van der Waals surface area contributed by atoms with E-state index in [2.05, 4.69) is 30.6 Å². The Labute approximate surface area is 323 Å². The Morgan fingerprint density at radius 1 is 0.596 bits per heavy atom. The molecule has 0 fully saturated rings. The van der Waals surface area contributed by atoms with Crippen LogP contribution in [0.4, 0.5) is 49.6 Å². The minimum Gasteiger partial charge on any atom is -0.384 e. The molecule has 0 saturated heterocycles. The Hall–Kier alpha value is -5.92. The Morgan fingerprint density at radius 3 is 1.47 bits per heavy atom. The third-order valence-corrected chi connectivity index (χ3v) is 10.1. The van der Waals surface area contributed by atoms with Crippen LogP contribution in [0.5, 0.6) is 0 Å². The summed E-state index contributed by atoms with van der Waals surface area (Å²) < 4.78 is 134. The van der Waals surface area contributed by atoms with E-state index in [1.165, 1.54) is 7.11 Å². The van der Waals surface area contributed by atoms with Gasteiger partial charge in [0.25, 0.3) is 0 Å². The van der Waals surface area contributed by atoms with Gasteiger partial charge in [0.2, 0.25) is 11.9 Å². The molecule has 0 aliphatic heterocycles. The van der Waals surface area contributed by atoms with Crippen molar-refractivity contribution in [3.8, 4) is 22.5 Å². The van der Waals surface area contributed by atoms with Crippen LogP contribution in [0.2, 0.25) is 0 Å². The number of ether oxygens (including phenoxy) is 1. The summed E-state index contributed by atoms with van der Waals surface area (Å²) in [6, 6.07) is 18.5. The van der Waals surface area contributed by atoms with E-state index in [0.29, 0.717) is 34.6 Å². The molecule has 2 N–H and O–H groups in total. The summed E-state index contributed by atoms with van der Waals surface area (Å²) in [5, 5.41) is 5.65. The van der Waals surface area contributed by atoms with Crippen molar-refractivity contribution in [3.63, 3.8) is 0 Å². The first-order valence-corrected chi connectivity index (χ1v) is 20.4. The van der Waals surface area contributed by atoms with E-state index in [-0.39, 0.29) is 58.3 Å². The number of anilines is 4. The maximum Gasteiger partial charge on any atom is 0.227 e. The molecule has 57 heavy (non-hydrogen) atoms. The third kappa shape index (κ3) is 12.3. The van der Waals surface area contributed by atoms with Crippen molar-refractivity contribution in [2.45, 2.75) is 11.5 Å². The highest BCUT2D eigenvalue weighted by Crippen LogP contribution is 2.28. The number of methoxy groups -OCH3 is 1. The van der Waals surface area contributed by atoms with Gasteiger partial charge in [0.05, 0.1) is 36.3 Å². The first-order valence-electron chi connectivity index (χ1n) is 16.5. The molecule has 19 heteroatoms. The number of sulfone groups is 2. The molecule has 0 bridgehead atoms. The Bertz CT molecular complexity index is 2620. The average molecular weight is 831 g/mol. The van der Waals surface area contributed by atoms with Crippen LogP contribution in [0.1, 0.15) is 11.1 Å². The largest absolute Gasteiger partial charge is 0.384 e. The van der Waals surface area contributed by atoms with Gasteiger partial charge in [0, 0.05) is 48.0 Å². The number of rotatable bonds is 13. The fourth-order valence-corrected chi connectivity index (χ4v) is 7.21. The second kappa shape index (κ2) is 18.4. The van der Waals surface area contributed by atoms with Crippen molar-refractivity contribution < 1.29 is 47.9 Å². The molecule has 0 spiro atoms. The zero-order valence-electron chi connectivity index (χ0n) is 30.0. The monoisotopic (exact) mass is 830 g/mol. The van der Waals surface area contributed by atoms with E-state index in [0.717, 1.165) is 42.9 Å². The van der Waals surface area contributed by atoms with Crippen molar-refractivity contribution in [2.75, 3.05) is 36.4 Å². The highest BCUT2D eigenvalue weighted by molar-refractivity contribution is 7.90. The first kappa shape index (κ1) is 42.2. The van der Waals surface area contributed by atoms with Gasteiger partial charge < -0.3 is 15.4 Å². The average Bonchev–Trinajstić information content (AvgIpc) is 3.12. The summed E-state index contributed by atoms with van der Waals surface area (Å²) in [5.41, 5.74) is 0.959. The van der Waals surface area contributed by atoms with Crippen LogP contribution in [-0.4, -0.2) is 62.5 Å². The van der Waals surface area contributed by atoms with Crippen molar-refractivity contribution in [1.82, 2.24) is 19.9 Å². The molecule has 0 radical (unpaired) electrons. The van der Waals surface area contributed by atoms with Crippen LogP contribution in [0.3, 0.4) is 0 Å². The van der Waals surface area contributed by atoms with Crippen molar-refractivity contribution in [1.29, 1.82) is 0 Å². The molecule has 298 valence electrons. The van der Waals surface area contributed by atoms with E-state index in [9.17, 15) is 43.2 Å². The van der Waals surface area contributed by atoms with E-state index in [1.54, 1.807) is 48.5 Å². The zero-order valence-corrected chi connectivity index (χ0v) is 31.6. The second-order valence-corrected chi connectivity index (χ2v) is 16.7. The fourth-order valence-electron chi connectivity index (χ4n) is 5.17. The van der Waals surface area contributed by atoms with Crippen molar-refractivity contribution in [2.24, 2.45) is 0 Å². The predicted octanol–water partition coefficient (Wildman–Crippen LogP) is 7.71. The van der Waals surface area contributed by atoms with E-state index >= 15 is 0 Å². The first-order chi connectivity index (χ1) is 27.0. The van der Waals surface area contributed by atoms with Gasteiger partial charge >= 0.3 is 0 Å². The maximum atomic E-state index is 14.1. The Kier molecular flexibility index (Phi) is 13.6. The third-order valence-electron chi connectivity index (χ3n) is 7.64. The lowest BCUT2D eigenvalue weighted by Gasteiger charge is -2.10. The molecule has 0 saturated carbocycles. The maximum absolute atomic E-state index is 14.1. The number of halogens is 6. The van der Waals surface area contributed by atoms with Gasteiger partial charge in [-0.2, -0.15) is 0 Å². The van der Waals surface area contributed by atoms with Gasteiger partial charge in [-0.05, 0) is 59.7 Å². The molecule has 6 rings (SSSR count). The van der Waals surface area contributed by atoms with E-state index in [1.807, 2.05) is 0 Å². The summed E-state index contributed by atoms with van der Waals surface area (Å²) in [4.78, 5) is 15.6. The van der Waals surface area contributed by atoms with Crippen LogP contribution in [0.25, 0.3) is 22.5 Å². The quantitative estimate of drug-likeness (QED) is 0.110. The summed E-state index contributed by atoms with van der Waals surface area (Å²) in [7, 11) is -5.13. The SMILES string of the molecule is COCCS(=O)(=O)Cc1cccc(Nc2ncc(F)c(-c3ccc(F)cc3F)n2)c1.CS(=O)(=O)Cc1cccc(Nc2ncc(F)c(-c3ccc(F)cc3F)n2)c1. The number of benzene rings is 4. The normalized spacial score (nSPS) is 11.4. The number of aromatic nitrogens is 4. The van der Waals surface area contributed by atoms with Crippen LogP contribution >= 0.6 is 0 Å². The van der Waals surface area contributed by atoms with Gasteiger partial charge in [-0.15, -0.1) is 0 Å². The lowest BCUT2D eigenvalue weighted by atomic mass is 10.1. The fraction of sp³-hybridized carbons (Fsp3) is 0.158. The van der Waals surface area contributed by atoms with Crippen LogP contribution in [0.15, 0.2) is 97.3 Å². The Morgan fingerprint density at radius 2 is 1.05 bits per heavy atom. The zero-order chi connectivity index (χ0) is 41.3. The summed E-state index contributed by atoms with van der Waals surface area (Å²) in [6.07, 6.45) is 2.86. The minimum absolute atomic E-state index is 0.0216. The molecule has 2 aromatic heterocycles. The van der Waals surface area contributed by atoms with Crippen molar-refractivity contribution >= 4 is 42.9 Å². The van der Waals surface area contributed by atoms with Crippen LogP contribution in [-0.2, 0) is 35.9 Å². The summed E-state index contributed by atoms with van der Waals surface area (Å²) >= 11 is 0. The number of hydrogen-bond acceptors (Lipinski definition) is 11. The van der Waals surface area contributed by atoms with Gasteiger partial charge in [-0.3, -0.25) is 0 Å². The van der Waals surface area contributed by atoms with Crippen molar-refractivity contribution in [3.05, 3.63) is 143 Å². The molecular weight excluding hydrogens is 799 g/mol. The minimum atomic E-state index is -3.35. The van der Waals surface area contributed by atoms with Gasteiger partial charge in [-0.1, -0.05) is 24.3 Å². The highest BCUT2D eigenvalue weighted by Gasteiger charge is 2.17. The highest BCUT2D eigenvalue weighted by atomic mass is 32.2. The Balaban J connectivity index is 0.000000219. The topological polar surface area (TPSA) is 153 Å². The molecule has 0 amide bonds. The number of nitrogens with one attached hydrogen (secondary N) is 2. The van der Waals surface area contributed by atoms with Gasteiger partial charge in [-0.25, -0.2) is 63.1 Å². The molecular formula is C38H32F6N6O5S2. The molecule has 0 aliphatic carbocycles. The smallest absolute Gasteiger partial charge is 0.227 e. The van der Waals surface area contributed by atoms with E-state index < -0.39 is 54.6 Å². The second-order valence-electron chi connectivity index (χ2n) is 12.3. The molecule has 6 aromatic rings. The predicted molar refractivity (Wildman–Crippen MR) is 202 cm³/mol.